The summed E-state index contributed by atoms with van der Waals surface area (Å²) in [6.45, 7) is 1.10. The van der Waals surface area contributed by atoms with E-state index in [0.29, 0.717) is 24.7 Å². The Kier molecular flexibility index (Phi) is 3.11. The number of fused-ring (bicyclic) bond motifs is 1. The van der Waals surface area contributed by atoms with Crippen LogP contribution in [0.4, 0.5) is 10.3 Å². The van der Waals surface area contributed by atoms with E-state index >= 15 is 0 Å². The second-order valence-corrected chi connectivity index (χ2v) is 3.17. The van der Waals surface area contributed by atoms with E-state index in [1.165, 1.54) is 16.8 Å². The molecule has 0 aliphatic heterocycles. The summed E-state index contributed by atoms with van der Waals surface area (Å²) in [6.07, 6.45) is 5.00. The Morgan fingerprint density at radius 2 is 2.31 bits per heavy atom. The molecule has 0 unspecified atom stereocenters. The highest BCUT2D eigenvalue weighted by atomic mass is 19.1. The van der Waals surface area contributed by atoms with Gasteiger partial charge in [-0.25, -0.2) is 8.91 Å². The van der Waals surface area contributed by atoms with Crippen molar-refractivity contribution in [1.29, 1.82) is 0 Å². The molecule has 2 aromatic rings. The summed E-state index contributed by atoms with van der Waals surface area (Å²) in [5.74, 6) is 0.124. The Morgan fingerprint density at radius 3 is 3.12 bits per heavy atom. The second-order valence-electron chi connectivity index (χ2n) is 3.17. The first-order valence-electron chi connectivity index (χ1n) is 4.90. The number of nitrogens with one attached hydrogen (secondary N) is 1. The molecule has 0 aliphatic carbocycles. The molecule has 2 aromatic heterocycles. The summed E-state index contributed by atoms with van der Waals surface area (Å²) in [5, 5.41) is 7.04. The number of aromatic nitrogens is 3. The molecule has 0 spiro atoms. The van der Waals surface area contributed by atoms with Crippen molar-refractivity contribution in [3.8, 4) is 0 Å². The molecule has 0 fully saturated rings. The van der Waals surface area contributed by atoms with Crippen molar-refractivity contribution in [2.24, 2.45) is 5.73 Å². The predicted molar refractivity (Wildman–Crippen MR) is 59.6 cm³/mol. The molecule has 0 aromatic carbocycles. The van der Waals surface area contributed by atoms with Crippen molar-refractivity contribution in [2.45, 2.75) is 0 Å². The lowest BCUT2D eigenvalue weighted by molar-refractivity contribution is 0.615. The van der Waals surface area contributed by atoms with E-state index in [0.717, 1.165) is 0 Å². The lowest BCUT2D eigenvalue weighted by Crippen LogP contribution is -2.01. The SMILES string of the molecule is NC/C=C/CNc1nc2ccc(F)cn2n1. The number of nitrogens with two attached hydrogens (primary N) is 1. The van der Waals surface area contributed by atoms with Crippen LogP contribution in [0.25, 0.3) is 5.65 Å². The maximum Gasteiger partial charge on any atom is 0.243 e. The molecule has 84 valence electrons. The molecule has 0 atom stereocenters. The monoisotopic (exact) mass is 221 g/mol. The summed E-state index contributed by atoms with van der Waals surface area (Å²) >= 11 is 0. The minimum atomic E-state index is -0.341. The number of nitrogens with zero attached hydrogens (tertiary/aromatic N) is 3. The first kappa shape index (κ1) is 10.6. The second kappa shape index (κ2) is 4.71. The van der Waals surface area contributed by atoms with E-state index in [4.69, 9.17) is 5.73 Å². The maximum atomic E-state index is 12.9. The summed E-state index contributed by atoms with van der Waals surface area (Å²) in [5.41, 5.74) is 5.90. The van der Waals surface area contributed by atoms with Gasteiger partial charge in [0.15, 0.2) is 5.65 Å². The van der Waals surface area contributed by atoms with Gasteiger partial charge >= 0.3 is 0 Å². The van der Waals surface area contributed by atoms with Crippen molar-refractivity contribution >= 4 is 11.6 Å². The fraction of sp³-hybridized carbons (Fsp3) is 0.200. The van der Waals surface area contributed by atoms with Crippen molar-refractivity contribution < 1.29 is 4.39 Å². The standard InChI is InChI=1S/C10H12FN5/c11-8-3-4-9-14-10(15-16(9)7-8)13-6-2-1-5-12/h1-4,7H,5-6,12H2,(H,13,15)/b2-1+. The summed E-state index contributed by atoms with van der Waals surface area (Å²) in [4.78, 5) is 4.16. The molecule has 0 amide bonds. The highest BCUT2D eigenvalue weighted by Crippen LogP contribution is 2.06. The van der Waals surface area contributed by atoms with Crippen LogP contribution in [0.1, 0.15) is 0 Å². The molecule has 5 nitrogen and oxygen atoms in total. The number of anilines is 1. The van der Waals surface area contributed by atoms with Crippen LogP contribution in [-0.2, 0) is 0 Å². The van der Waals surface area contributed by atoms with E-state index < -0.39 is 0 Å². The third kappa shape index (κ3) is 2.34. The van der Waals surface area contributed by atoms with Crippen LogP contribution in [0.3, 0.4) is 0 Å². The fourth-order valence-electron chi connectivity index (χ4n) is 1.26. The molecule has 0 saturated heterocycles. The van der Waals surface area contributed by atoms with Crippen LogP contribution in [0, 0.1) is 5.82 Å². The van der Waals surface area contributed by atoms with Gasteiger partial charge in [-0.05, 0) is 12.1 Å². The van der Waals surface area contributed by atoms with Crippen molar-refractivity contribution in [3.05, 3.63) is 36.3 Å². The fourth-order valence-corrected chi connectivity index (χ4v) is 1.26. The number of rotatable bonds is 4. The van der Waals surface area contributed by atoms with E-state index in [1.54, 1.807) is 6.07 Å². The number of pyridine rings is 1. The number of hydrogen-bond acceptors (Lipinski definition) is 4. The zero-order chi connectivity index (χ0) is 11.4. The van der Waals surface area contributed by atoms with E-state index in [1.807, 2.05) is 12.2 Å². The van der Waals surface area contributed by atoms with Gasteiger partial charge in [0.2, 0.25) is 5.95 Å². The van der Waals surface area contributed by atoms with Crippen LogP contribution in [-0.4, -0.2) is 27.7 Å². The Hall–Kier alpha value is -1.95. The topological polar surface area (TPSA) is 68.2 Å². The zero-order valence-corrected chi connectivity index (χ0v) is 8.60. The molecular formula is C10H12FN5. The smallest absolute Gasteiger partial charge is 0.243 e. The van der Waals surface area contributed by atoms with Crippen molar-refractivity contribution in [1.82, 2.24) is 14.6 Å². The molecule has 0 radical (unpaired) electrons. The van der Waals surface area contributed by atoms with Gasteiger partial charge in [0.1, 0.15) is 5.82 Å². The molecule has 3 N–H and O–H groups in total. The van der Waals surface area contributed by atoms with E-state index in [2.05, 4.69) is 15.4 Å². The zero-order valence-electron chi connectivity index (χ0n) is 8.60. The van der Waals surface area contributed by atoms with Crippen molar-refractivity contribution in [2.75, 3.05) is 18.4 Å². The van der Waals surface area contributed by atoms with Gasteiger partial charge in [-0.3, -0.25) is 0 Å². The van der Waals surface area contributed by atoms with E-state index in [-0.39, 0.29) is 5.82 Å². The summed E-state index contributed by atoms with van der Waals surface area (Å²) in [7, 11) is 0. The predicted octanol–water partition coefficient (Wildman–Crippen LogP) is 0.795. The molecule has 2 rings (SSSR count). The minimum absolute atomic E-state index is 0.341. The highest BCUT2D eigenvalue weighted by molar-refractivity contribution is 5.43. The first-order chi connectivity index (χ1) is 7.79. The van der Waals surface area contributed by atoms with Crippen molar-refractivity contribution in [3.63, 3.8) is 0 Å². The molecule has 6 heteroatoms. The molecule has 0 aliphatic rings. The minimum Gasteiger partial charge on any atom is -0.349 e. The van der Waals surface area contributed by atoms with Crippen LogP contribution >= 0.6 is 0 Å². The van der Waals surface area contributed by atoms with Gasteiger partial charge < -0.3 is 11.1 Å². The third-order valence-electron chi connectivity index (χ3n) is 1.98. The largest absolute Gasteiger partial charge is 0.349 e. The van der Waals surface area contributed by atoms with Gasteiger partial charge in [0, 0.05) is 13.1 Å². The Labute approximate surface area is 91.8 Å². The van der Waals surface area contributed by atoms with Gasteiger partial charge in [-0.1, -0.05) is 12.2 Å². The molecule has 2 heterocycles. The van der Waals surface area contributed by atoms with Crippen LogP contribution in [0.15, 0.2) is 30.5 Å². The summed E-state index contributed by atoms with van der Waals surface area (Å²) < 4.78 is 14.3. The first-order valence-corrected chi connectivity index (χ1v) is 4.90. The number of hydrogen-bond donors (Lipinski definition) is 2. The highest BCUT2D eigenvalue weighted by Gasteiger charge is 2.02. The Balaban J connectivity index is 2.11. The quantitative estimate of drug-likeness (QED) is 0.749. The molecule has 0 saturated carbocycles. The lowest BCUT2D eigenvalue weighted by Gasteiger charge is -1.93. The Bertz CT molecular complexity index is 505. The van der Waals surface area contributed by atoms with Crippen LogP contribution < -0.4 is 11.1 Å². The molecule has 0 bridgehead atoms. The molecular weight excluding hydrogens is 209 g/mol. The maximum absolute atomic E-state index is 12.9. The average molecular weight is 221 g/mol. The van der Waals surface area contributed by atoms with Gasteiger partial charge in [0.25, 0.3) is 0 Å². The van der Waals surface area contributed by atoms with Crippen LogP contribution in [0.5, 0.6) is 0 Å². The number of halogens is 1. The van der Waals surface area contributed by atoms with Gasteiger partial charge in [-0.15, -0.1) is 5.10 Å². The van der Waals surface area contributed by atoms with Crippen LogP contribution in [0.2, 0.25) is 0 Å². The molecule has 16 heavy (non-hydrogen) atoms. The van der Waals surface area contributed by atoms with E-state index in [9.17, 15) is 4.39 Å². The average Bonchev–Trinajstić information content (AvgIpc) is 2.66. The normalized spacial score (nSPS) is 11.4. The lowest BCUT2D eigenvalue weighted by atomic mass is 10.5. The third-order valence-corrected chi connectivity index (χ3v) is 1.98. The Morgan fingerprint density at radius 1 is 1.44 bits per heavy atom. The van der Waals surface area contributed by atoms with Gasteiger partial charge in [-0.2, -0.15) is 4.98 Å². The van der Waals surface area contributed by atoms with Gasteiger partial charge in [0.05, 0.1) is 6.20 Å². The summed E-state index contributed by atoms with van der Waals surface area (Å²) in [6, 6.07) is 2.92.